The molecule has 0 saturated heterocycles. The second kappa shape index (κ2) is 5.76. The van der Waals surface area contributed by atoms with Crippen LogP contribution in [0.4, 0.5) is 0 Å². The van der Waals surface area contributed by atoms with Crippen LogP contribution in [0.15, 0.2) is 41.1 Å². The van der Waals surface area contributed by atoms with Crippen molar-refractivity contribution in [1.29, 1.82) is 0 Å². The average Bonchev–Trinajstić information content (AvgIpc) is 2.99. The molecule has 0 amide bonds. The number of ether oxygens (including phenoxy) is 1. The van der Waals surface area contributed by atoms with Crippen molar-refractivity contribution in [3.63, 3.8) is 0 Å². The smallest absolute Gasteiger partial charge is 0.122 e. The van der Waals surface area contributed by atoms with E-state index in [0.717, 1.165) is 25.2 Å². The monoisotopic (exact) mass is 273 g/mol. The highest BCUT2D eigenvalue weighted by Crippen LogP contribution is 2.38. The minimum absolute atomic E-state index is 0.433. The molecule has 0 aliphatic carbocycles. The van der Waals surface area contributed by atoms with Crippen molar-refractivity contribution in [2.75, 3.05) is 13.7 Å². The molecular weight excluding hydrogens is 254 g/mol. The lowest BCUT2D eigenvalue weighted by molar-refractivity contribution is 0.256. The molecule has 0 spiro atoms. The lowest BCUT2D eigenvalue weighted by Gasteiger charge is -2.28. The third kappa shape index (κ3) is 2.67. The minimum Gasteiger partial charge on any atom is -0.493 e. The van der Waals surface area contributed by atoms with E-state index < -0.39 is 0 Å². The second-order valence-corrected chi connectivity index (χ2v) is 5.79. The summed E-state index contributed by atoms with van der Waals surface area (Å²) in [5.41, 5.74) is 2.76. The predicted molar refractivity (Wildman–Crippen MR) is 80.0 cm³/mol. The molecule has 1 N–H and O–H groups in total. The van der Waals surface area contributed by atoms with E-state index in [1.807, 2.05) is 7.05 Å². The first-order valence-electron chi connectivity index (χ1n) is 6.79. The molecule has 19 heavy (non-hydrogen) atoms. The van der Waals surface area contributed by atoms with E-state index >= 15 is 0 Å². The molecule has 1 aliphatic rings. The van der Waals surface area contributed by atoms with Crippen molar-refractivity contribution in [2.24, 2.45) is 0 Å². The van der Waals surface area contributed by atoms with Gasteiger partial charge in [-0.1, -0.05) is 18.2 Å². The highest BCUT2D eigenvalue weighted by Gasteiger charge is 2.24. The number of hydrogen-bond acceptors (Lipinski definition) is 3. The molecule has 0 fully saturated rings. The van der Waals surface area contributed by atoms with Crippen LogP contribution in [0.25, 0.3) is 0 Å². The highest BCUT2D eigenvalue weighted by atomic mass is 32.1. The molecule has 1 aromatic heterocycles. The maximum atomic E-state index is 5.74. The molecule has 2 aromatic rings. The molecule has 1 aromatic carbocycles. The van der Waals surface area contributed by atoms with Crippen molar-refractivity contribution in [3.8, 4) is 5.75 Å². The Labute approximate surface area is 118 Å². The van der Waals surface area contributed by atoms with Gasteiger partial charge in [0.1, 0.15) is 5.75 Å². The lowest BCUT2D eigenvalue weighted by atomic mass is 9.86. The van der Waals surface area contributed by atoms with Gasteiger partial charge in [-0.3, -0.25) is 0 Å². The Kier molecular flexibility index (Phi) is 3.85. The largest absolute Gasteiger partial charge is 0.493 e. The summed E-state index contributed by atoms with van der Waals surface area (Å²) in [5, 5.41) is 7.84. The summed E-state index contributed by atoms with van der Waals surface area (Å²) < 4.78 is 5.74. The van der Waals surface area contributed by atoms with Gasteiger partial charge in [0.25, 0.3) is 0 Å². The van der Waals surface area contributed by atoms with E-state index in [1.165, 1.54) is 11.1 Å². The van der Waals surface area contributed by atoms with Crippen molar-refractivity contribution in [3.05, 3.63) is 52.2 Å². The van der Waals surface area contributed by atoms with E-state index in [4.69, 9.17) is 4.74 Å². The van der Waals surface area contributed by atoms with Crippen LogP contribution in [0, 0.1) is 0 Å². The van der Waals surface area contributed by atoms with Crippen molar-refractivity contribution in [1.82, 2.24) is 5.32 Å². The molecule has 2 atom stereocenters. The van der Waals surface area contributed by atoms with Crippen LogP contribution in [-0.2, 0) is 0 Å². The minimum atomic E-state index is 0.433. The molecule has 2 nitrogen and oxygen atoms in total. The van der Waals surface area contributed by atoms with Crippen molar-refractivity contribution < 1.29 is 4.74 Å². The van der Waals surface area contributed by atoms with Gasteiger partial charge in [0, 0.05) is 6.04 Å². The van der Waals surface area contributed by atoms with Gasteiger partial charge in [0.15, 0.2) is 0 Å². The zero-order chi connectivity index (χ0) is 13.1. The summed E-state index contributed by atoms with van der Waals surface area (Å²) in [6, 6.07) is 11.1. The normalized spacial score (nSPS) is 19.5. The second-order valence-electron chi connectivity index (χ2n) is 5.01. The van der Waals surface area contributed by atoms with Gasteiger partial charge >= 0.3 is 0 Å². The zero-order valence-corrected chi connectivity index (χ0v) is 12.0. The fourth-order valence-corrected chi connectivity index (χ4v) is 3.55. The molecule has 0 bridgehead atoms. The summed E-state index contributed by atoms with van der Waals surface area (Å²) in [6.45, 7) is 0.835. The van der Waals surface area contributed by atoms with Crippen LogP contribution in [0.3, 0.4) is 0 Å². The van der Waals surface area contributed by atoms with E-state index in [0.29, 0.717) is 12.0 Å². The molecule has 2 unspecified atom stereocenters. The Morgan fingerprint density at radius 2 is 2.26 bits per heavy atom. The molecule has 2 heterocycles. The Bertz CT molecular complexity index is 523. The number of fused-ring (bicyclic) bond motifs is 1. The topological polar surface area (TPSA) is 21.3 Å². The number of rotatable bonds is 4. The van der Waals surface area contributed by atoms with Crippen LogP contribution in [0.1, 0.15) is 35.9 Å². The Morgan fingerprint density at radius 3 is 3.05 bits per heavy atom. The summed E-state index contributed by atoms with van der Waals surface area (Å²) >= 11 is 1.77. The fraction of sp³-hybridized carbons (Fsp3) is 0.375. The molecule has 3 rings (SSSR count). The lowest BCUT2D eigenvalue weighted by Crippen LogP contribution is -2.22. The van der Waals surface area contributed by atoms with Crippen LogP contribution < -0.4 is 10.1 Å². The number of thiophene rings is 1. The molecule has 100 valence electrons. The SMILES string of the molecule is CNC(CC1CCOc2ccccc21)c1ccsc1. The van der Waals surface area contributed by atoms with Gasteiger partial charge < -0.3 is 10.1 Å². The molecule has 1 aliphatic heterocycles. The van der Waals surface area contributed by atoms with E-state index in [1.54, 1.807) is 11.3 Å². The molecule has 3 heteroatoms. The number of hydrogen-bond donors (Lipinski definition) is 1. The summed E-state index contributed by atoms with van der Waals surface area (Å²) in [7, 11) is 2.05. The third-order valence-corrected chi connectivity index (χ3v) is 4.60. The number of benzene rings is 1. The van der Waals surface area contributed by atoms with E-state index in [-0.39, 0.29) is 0 Å². The van der Waals surface area contributed by atoms with E-state index in [9.17, 15) is 0 Å². The van der Waals surface area contributed by atoms with Gasteiger partial charge in [0.2, 0.25) is 0 Å². The molecule has 0 radical (unpaired) electrons. The summed E-state index contributed by atoms with van der Waals surface area (Å²) in [5.74, 6) is 1.65. The summed E-state index contributed by atoms with van der Waals surface area (Å²) in [6.07, 6.45) is 2.24. The van der Waals surface area contributed by atoms with Crippen molar-refractivity contribution >= 4 is 11.3 Å². The maximum absolute atomic E-state index is 5.74. The average molecular weight is 273 g/mol. The standard InChI is InChI=1S/C16H19NOS/c1-17-15(13-7-9-19-11-13)10-12-6-8-18-16-5-3-2-4-14(12)16/h2-5,7,9,11-12,15,17H,6,8,10H2,1H3. The van der Waals surface area contributed by atoms with Gasteiger partial charge in [-0.25, -0.2) is 0 Å². The number of para-hydroxylation sites is 1. The van der Waals surface area contributed by atoms with Gasteiger partial charge in [0.05, 0.1) is 6.61 Å². The van der Waals surface area contributed by atoms with Crippen molar-refractivity contribution in [2.45, 2.75) is 24.8 Å². The quantitative estimate of drug-likeness (QED) is 0.910. The van der Waals surface area contributed by atoms with Crippen LogP contribution >= 0.6 is 11.3 Å². The Hall–Kier alpha value is -1.32. The third-order valence-electron chi connectivity index (χ3n) is 3.90. The first kappa shape index (κ1) is 12.7. The highest BCUT2D eigenvalue weighted by molar-refractivity contribution is 7.07. The fourth-order valence-electron chi connectivity index (χ4n) is 2.84. The van der Waals surface area contributed by atoms with Crippen LogP contribution in [0.5, 0.6) is 5.75 Å². The van der Waals surface area contributed by atoms with Gasteiger partial charge in [-0.2, -0.15) is 11.3 Å². The van der Waals surface area contributed by atoms with Crippen LogP contribution in [-0.4, -0.2) is 13.7 Å². The predicted octanol–water partition coefficient (Wildman–Crippen LogP) is 3.97. The Balaban J connectivity index is 1.80. The zero-order valence-electron chi connectivity index (χ0n) is 11.1. The van der Waals surface area contributed by atoms with Crippen LogP contribution in [0.2, 0.25) is 0 Å². The first-order chi connectivity index (χ1) is 9.38. The summed E-state index contributed by atoms with van der Waals surface area (Å²) in [4.78, 5) is 0. The number of nitrogens with one attached hydrogen (secondary N) is 1. The maximum Gasteiger partial charge on any atom is 0.122 e. The molecular formula is C16H19NOS. The Morgan fingerprint density at radius 1 is 1.37 bits per heavy atom. The first-order valence-corrected chi connectivity index (χ1v) is 7.74. The van der Waals surface area contributed by atoms with Gasteiger partial charge in [-0.05, 0) is 59.8 Å². The van der Waals surface area contributed by atoms with E-state index in [2.05, 4.69) is 46.4 Å². The molecule has 0 saturated carbocycles. The van der Waals surface area contributed by atoms with Gasteiger partial charge in [-0.15, -0.1) is 0 Å².